The molecule has 1 atom stereocenters. The smallest absolute Gasteiger partial charge is 0.257 e. The number of hydrogen-bond acceptors (Lipinski definition) is 4. The minimum absolute atomic E-state index is 0.109. The van der Waals surface area contributed by atoms with Crippen molar-refractivity contribution in [1.29, 1.82) is 0 Å². The molecule has 6 heteroatoms. The Labute approximate surface area is 187 Å². The molecule has 3 aromatic rings. The lowest BCUT2D eigenvalue weighted by atomic mass is 9.87. The Kier molecular flexibility index (Phi) is 6.77. The summed E-state index contributed by atoms with van der Waals surface area (Å²) < 4.78 is 0. The summed E-state index contributed by atoms with van der Waals surface area (Å²) in [5.41, 5.74) is 4.05. The largest absolute Gasteiger partial charge is 0.339 e. The molecule has 31 heavy (non-hydrogen) atoms. The number of rotatable bonds is 7. The second kappa shape index (κ2) is 9.88. The zero-order valence-corrected chi connectivity index (χ0v) is 18.5. The van der Waals surface area contributed by atoms with Crippen LogP contribution in [-0.2, 0) is 24.1 Å². The Balaban J connectivity index is 1.40. The maximum absolute atomic E-state index is 13.2. The number of benzene rings is 2. The molecule has 4 rings (SSSR count). The highest BCUT2D eigenvalue weighted by atomic mass is 32.1. The van der Waals surface area contributed by atoms with E-state index in [-0.39, 0.29) is 24.3 Å². The van der Waals surface area contributed by atoms with E-state index in [4.69, 9.17) is 0 Å². The molecule has 2 aromatic carbocycles. The van der Waals surface area contributed by atoms with Crippen molar-refractivity contribution in [1.82, 2.24) is 9.88 Å². The number of carbonyl (C=O) groups excluding carboxylic acids is 2. The number of aryl methyl sites for hydroxylation is 1. The Morgan fingerprint density at radius 1 is 1.10 bits per heavy atom. The molecule has 0 saturated carbocycles. The van der Waals surface area contributed by atoms with Crippen LogP contribution in [0.4, 0.5) is 5.13 Å². The average molecular weight is 434 g/mol. The first-order valence-corrected chi connectivity index (χ1v) is 11.7. The zero-order chi connectivity index (χ0) is 21.6. The Hall–Kier alpha value is -2.99. The van der Waals surface area contributed by atoms with Crippen LogP contribution in [0.2, 0.25) is 0 Å². The average Bonchev–Trinajstić information content (AvgIpc) is 3.24. The number of anilines is 1. The number of nitrogens with zero attached hydrogens (tertiary/aromatic N) is 2. The van der Waals surface area contributed by atoms with Crippen LogP contribution in [0.15, 0.2) is 60.0 Å². The molecule has 2 amide bonds. The molecule has 0 radical (unpaired) electrons. The molecule has 1 aliphatic carbocycles. The van der Waals surface area contributed by atoms with Crippen molar-refractivity contribution < 1.29 is 9.59 Å². The minimum Gasteiger partial charge on any atom is -0.339 e. The van der Waals surface area contributed by atoms with E-state index in [0.717, 1.165) is 32.2 Å². The molecule has 0 bridgehead atoms. The van der Waals surface area contributed by atoms with Gasteiger partial charge in [0.2, 0.25) is 5.91 Å². The maximum Gasteiger partial charge on any atom is 0.257 e. The van der Waals surface area contributed by atoms with Gasteiger partial charge in [0.15, 0.2) is 5.13 Å². The van der Waals surface area contributed by atoms with Gasteiger partial charge in [-0.2, -0.15) is 0 Å². The fraction of sp³-hybridized carbons (Fsp3) is 0.320. The zero-order valence-electron chi connectivity index (χ0n) is 17.7. The molecule has 1 aliphatic rings. The molecule has 0 fully saturated rings. The van der Waals surface area contributed by atoms with Crippen LogP contribution >= 0.6 is 11.3 Å². The van der Waals surface area contributed by atoms with Gasteiger partial charge in [0, 0.05) is 23.5 Å². The van der Waals surface area contributed by atoms with E-state index < -0.39 is 0 Å². The van der Waals surface area contributed by atoms with Crippen molar-refractivity contribution in [2.24, 2.45) is 0 Å². The van der Waals surface area contributed by atoms with Crippen LogP contribution in [-0.4, -0.2) is 34.3 Å². The third-order valence-electron chi connectivity index (χ3n) is 5.69. The van der Waals surface area contributed by atoms with Gasteiger partial charge in [-0.1, -0.05) is 49.4 Å². The number of carbonyl (C=O) groups is 2. The first-order chi connectivity index (χ1) is 15.1. The predicted octanol–water partition coefficient (Wildman–Crippen LogP) is 4.73. The lowest BCUT2D eigenvalue weighted by Crippen LogP contribution is -2.44. The molecule has 0 saturated heterocycles. The summed E-state index contributed by atoms with van der Waals surface area (Å²) in [4.78, 5) is 32.0. The normalized spacial score (nSPS) is 15.2. The van der Waals surface area contributed by atoms with E-state index in [9.17, 15) is 9.59 Å². The Bertz CT molecular complexity index is 1050. The first kappa shape index (κ1) is 21.2. The molecular weight excluding hydrogens is 406 g/mol. The summed E-state index contributed by atoms with van der Waals surface area (Å²) in [6.07, 6.45) is 4.12. The second-order valence-electron chi connectivity index (χ2n) is 7.89. The molecule has 5 nitrogen and oxygen atoms in total. The predicted molar refractivity (Wildman–Crippen MR) is 124 cm³/mol. The standard InChI is InChI=1S/C25H27N3O2S/c1-2-14-28(22-13-12-18-8-6-7-11-20(18)15-22)23(29)16-21-17-31-25(26-21)27-24(30)19-9-4-3-5-10-19/h3-11,17,22H,2,12-16H2,1H3,(H,26,27,30). The second-order valence-corrected chi connectivity index (χ2v) is 8.75. The summed E-state index contributed by atoms with van der Waals surface area (Å²) in [7, 11) is 0. The van der Waals surface area contributed by atoms with Crippen molar-refractivity contribution in [3.63, 3.8) is 0 Å². The number of nitrogens with one attached hydrogen (secondary N) is 1. The van der Waals surface area contributed by atoms with Gasteiger partial charge in [-0.3, -0.25) is 14.9 Å². The van der Waals surface area contributed by atoms with Gasteiger partial charge in [-0.25, -0.2) is 4.98 Å². The van der Waals surface area contributed by atoms with Gasteiger partial charge in [0.25, 0.3) is 5.91 Å². The number of hydrogen-bond donors (Lipinski definition) is 1. The van der Waals surface area contributed by atoms with Crippen LogP contribution in [0.1, 0.15) is 46.9 Å². The van der Waals surface area contributed by atoms with E-state index in [1.165, 1.54) is 22.5 Å². The maximum atomic E-state index is 13.2. The minimum atomic E-state index is -0.193. The van der Waals surface area contributed by atoms with Crippen LogP contribution in [0.5, 0.6) is 0 Å². The van der Waals surface area contributed by atoms with Crippen molar-refractivity contribution in [2.45, 2.75) is 45.1 Å². The number of aromatic nitrogens is 1. The Morgan fingerprint density at radius 3 is 2.61 bits per heavy atom. The van der Waals surface area contributed by atoms with Crippen molar-refractivity contribution >= 4 is 28.3 Å². The quantitative estimate of drug-likeness (QED) is 0.586. The third kappa shape index (κ3) is 5.20. The Morgan fingerprint density at radius 2 is 1.84 bits per heavy atom. The highest BCUT2D eigenvalue weighted by Crippen LogP contribution is 2.26. The van der Waals surface area contributed by atoms with Crippen LogP contribution < -0.4 is 5.32 Å². The molecule has 1 heterocycles. The SMILES string of the molecule is CCCN(C(=O)Cc1csc(NC(=O)c2ccccc2)n1)C1CCc2ccccc2C1. The molecule has 160 valence electrons. The summed E-state index contributed by atoms with van der Waals surface area (Å²) in [5, 5.41) is 5.20. The monoisotopic (exact) mass is 433 g/mol. The summed E-state index contributed by atoms with van der Waals surface area (Å²) >= 11 is 1.35. The van der Waals surface area contributed by atoms with E-state index in [2.05, 4.69) is 41.5 Å². The van der Waals surface area contributed by atoms with E-state index in [0.29, 0.717) is 16.4 Å². The van der Waals surface area contributed by atoms with Crippen LogP contribution in [0, 0.1) is 0 Å². The van der Waals surface area contributed by atoms with E-state index >= 15 is 0 Å². The summed E-state index contributed by atoms with van der Waals surface area (Å²) in [6, 6.07) is 17.8. The molecule has 1 N–H and O–H groups in total. The lowest BCUT2D eigenvalue weighted by molar-refractivity contribution is -0.133. The number of amides is 2. The van der Waals surface area contributed by atoms with Gasteiger partial charge in [-0.05, 0) is 48.9 Å². The highest BCUT2D eigenvalue weighted by Gasteiger charge is 2.27. The number of fused-ring (bicyclic) bond motifs is 1. The lowest BCUT2D eigenvalue weighted by Gasteiger charge is -2.35. The van der Waals surface area contributed by atoms with Crippen molar-refractivity contribution in [3.05, 3.63) is 82.4 Å². The topological polar surface area (TPSA) is 62.3 Å². The molecular formula is C25H27N3O2S. The number of thiazole rings is 1. The summed E-state index contributed by atoms with van der Waals surface area (Å²) in [5.74, 6) is -0.0845. The van der Waals surface area contributed by atoms with Gasteiger partial charge in [0.1, 0.15) is 0 Å². The van der Waals surface area contributed by atoms with Crippen LogP contribution in [0.3, 0.4) is 0 Å². The summed E-state index contributed by atoms with van der Waals surface area (Å²) in [6.45, 7) is 2.87. The van der Waals surface area contributed by atoms with Gasteiger partial charge >= 0.3 is 0 Å². The van der Waals surface area contributed by atoms with E-state index in [1.807, 2.05) is 28.5 Å². The molecule has 0 aliphatic heterocycles. The van der Waals surface area contributed by atoms with Gasteiger partial charge in [-0.15, -0.1) is 11.3 Å². The molecule has 1 unspecified atom stereocenters. The fourth-order valence-electron chi connectivity index (χ4n) is 4.16. The van der Waals surface area contributed by atoms with Gasteiger partial charge < -0.3 is 4.90 Å². The van der Waals surface area contributed by atoms with Crippen molar-refractivity contribution in [2.75, 3.05) is 11.9 Å². The van der Waals surface area contributed by atoms with Crippen LogP contribution in [0.25, 0.3) is 0 Å². The highest BCUT2D eigenvalue weighted by molar-refractivity contribution is 7.14. The van der Waals surface area contributed by atoms with Crippen molar-refractivity contribution in [3.8, 4) is 0 Å². The third-order valence-corrected chi connectivity index (χ3v) is 6.49. The molecule has 1 aromatic heterocycles. The first-order valence-electron chi connectivity index (χ1n) is 10.8. The van der Waals surface area contributed by atoms with Gasteiger partial charge in [0.05, 0.1) is 12.1 Å². The molecule has 0 spiro atoms. The fourth-order valence-corrected chi connectivity index (χ4v) is 4.86. The van der Waals surface area contributed by atoms with E-state index in [1.54, 1.807) is 12.1 Å².